The van der Waals surface area contributed by atoms with Gasteiger partial charge in [0.1, 0.15) is 17.6 Å². The fourth-order valence-corrected chi connectivity index (χ4v) is 4.98. The van der Waals surface area contributed by atoms with Gasteiger partial charge in [0.05, 0.1) is 18.7 Å². The highest BCUT2D eigenvalue weighted by Gasteiger charge is 2.30. The highest BCUT2D eigenvalue weighted by atomic mass is 19.2. The number of halogens is 3. The Kier molecular flexibility index (Phi) is 8.93. The second kappa shape index (κ2) is 12.4. The number of nitrogens with zero attached hydrogens (tertiary/aromatic N) is 3. The molecule has 0 spiro atoms. The van der Waals surface area contributed by atoms with Crippen molar-refractivity contribution in [2.24, 2.45) is 5.92 Å². The molecule has 0 saturated carbocycles. The summed E-state index contributed by atoms with van der Waals surface area (Å²) in [5.74, 6) is -5.98. The Bertz CT molecular complexity index is 1650. The van der Waals surface area contributed by atoms with Gasteiger partial charge >= 0.3 is 5.97 Å². The lowest BCUT2D eigenvalue weighted by atomic mass is 9.91. The Hall–Kier alpha value is -4.74. The number of carboxylic acid groups (broad SMARTS) is 1. The van der Waals surface area contributed by atoms with E-state index >= 15 is 4.39 Å². The van der Waals surface area contributed by atoms with Crippen LogP contribution in [0.15, 0.2) is 48.8 Å². The first-order chi connectivity index (χ1) is 19.8. The smallest absolute Gasteiger partial charge is 0.305 e. The van der Waals surface area contributed by atoms with Crippen molar-refractivity contribution in [3.05, 3.63) is 88.6 Å². The Labute approximate surface area is 239 Å². The molecule has 0 aliphatic heterocycles. The maximum Gasteiger partial charge on any atom is 0.305 e. The predicted octanol–water partition coefficient (Wildman–Crippen LogP) is 4.91. The molecule has 4 aromatic rings. The van der Waals surface area contributed by atoms with Crippen molar-refractivity contribution in [2.45, 2.75) is 52.6 Å². The van der Waals surface area contributed by atoms with Crippen molar-refractivity contribution in [2.75, 3.05) is 0 Å². The number of carboxylic acids is 1. The number of hydrogen-bond acceptors (Lipinski definition) is 5. The van der Waals surface area contributed by atoms with Crippen LogP contribution < -0.4 is 10.6 Å². The summed E-state index contributed by atoms with van der Waals surface area (Å²) in [4.78, 5) is 42.5. The number of benzene rings is 2. The number of carbonyl (C=O) groups excluding carboxylic acids is 2. The van der Waals surface area contributed by atoms with E-state index in [1.54, 1.807) is 26.0 Å². The largest absolute Gasteiger partial charge is 0.481 e. The number of aryl methyl sites for hydroxylation is 2. The number of amides is 2. The summed E-state index contributed by atoms with van der Waals surface area (Å²) >= 11 is 0. The van der Waals surface area contributed by atoms with Gasteiger partial charge in [-0.3, -0.25) is 14.4 Å². The molecule has 0 aliphatic rings. The van der Waals surface area contributed by atoms with Gasteiger partial charge in [-0.15, -0.1) is 0 Å². The second-order valence-electron chi connectivity index (χ2n) is 10.5. The summed E-state index contributed by atoms with van der Waals surface area (Å²) in [7, 11) is 0. The topological polar surface area (TPSA) is 126 Å². The molecule has 0 saturated heterocycles. The molecule has 2 amide bonds. The summed E-state index contributed by atoms with van der Waals surface area (Å²) in [6.07, 6.45) is 2.16. The third-order valence-corrected chi connectivity index (χ3v) is 6.75. The molecular formula is C30H30F3N5O4. The van der Waals surface area contributed by atoms with Crippen molar-refractivity contribution >= 4 is 23.4 Å². The van der Waals surface area contributed by atoms with Crippen LogP contribution in [-0.4, -0.2) is 43.5 Å². The van der Waals surface area contributed by atoms with E-state index in [1.165, 1.54) is 35.1 Å². The van der Waals surface area contributed by atoms with Gasteiger partial charge in [-0.05, 0) is 84.8 Å². The van der Waals surface area contributed by atoms with Crippen LogP contribution in [0.5, 0.6) is 0 Å². The lowest BCUT2D eigenvalue weighted by Crippen LogP contribution is -2.49. The van der Waals surface area contributed by atoms with Crippen molar-refractivity contribution in [3.63, 3.8) is 0 Å². The van der Waals surface area contributed by atoms with Crippen LogP contribution >= 0.6 is 0 Å². The molecule has 2 heterocycles. The van der Waals surface area contributed by atoms with Crippen LogP contribution in [0.25, 0.3) is 16.8 Å². The fourth-order valence-electron chi connectivity index (χ4n) is 4.98. The molecule has 0 fully saturated rings. The molecule has 3 N–H and O–H groups in total. The Morgan fingerprint density at radius 1 is 1.02 bits per heavy atom. The Balaban J connectivity index is 1.68. The van der Waals surface area contributed by atoms with Gasteiger partial charge in [0.15, 0.2) is 17.3 Å². The fraction of sp³-hybridized carbons (Fsp3) is 0.300. The normalized spacial score (nSPS) is 12.8. The molecule has 220 valence electrons. The van der Waals surface area contributed by atoms with Crippen LogP contribution in [-0.2, 0) is 9.59 Å². The molecule has 42 heavy (non-hydrogen) atoms. The number of carbonyl (C=O) groups is 3. The maximum atomic E-state index is 15.2. The molecule has 0 bridgehead atoms. The number of imidazole rings is 1. The number of aromatic nitrogens is 3. The first-order valence-corrected chi connectivity index (χ1v) is 13.2. The Morgan fingerprint density at radius 3 is 2.36 bits per heavy atom. The molecule has 12 heteroatoms. The molecule has 2 atom stereocenters. The van der Waals surface area contributed by atoms with Crippen LogP contribution in [0.1, 0.15) is 59.9 Å². The maximum absolute atomic E-state index is 15.2. The Morgan fingerprint density at radius 2 is 1.71 bits per heavy atom. The average Bonchev–Trinajstić information content (AvgIpc) is 3.33. The lowest BCUT2D eigenvalue weighted by Gasteiger charge is -2.25. The molecule has 0 radical (unpaired) electrons. The molecule has 2 aromatic heterocycles. The number of aliphatic carboxylic acids is 1. The third-order valence-electron chi connectivity index (χ3n) is 6.75. The summed E-state index contributed by atoms with van der Waals surface area (Å²) in [5.41, 5.74) is 1.65. The van der Waals surface area contributed by atoms with Crippen molar-refractivity contribution in [3.8, 4) is 11.1 Å². The van der Waals surface area contributed by atoms with Crippen LogP contribution in [0.4, 0.5) is 13.2 Å². The van der Waals surface area contributed by atoms with E-state index in [9.17, 15) is 28.3 Å². The average molecular weight is 582 g/mol. The highest BCUT2D eigenvalue weighted by Crippen LogP contribution is 2.33. The van der Waals surface area contributed by atoms with E-state index in [-0.39, 0.29) is 23.6 Å². The van der Waals surface area contributed by atoms with E-state index in [0.29, 0.717) is 22.3 Å². The summed E-state index contributed by atoms with van der Waals surface area (Å²) < 4.78 is 45.3. The monoisotopic (exact) mass is 581 g/mol. The van der Waals surface area contributed by atoms with Gasteiger partial charge in [-0.1, -0.05) is 13.8 Å². The van der Waals surface area contributed by atoms with Crippen LogP contribution in [0.2, 0.25) is 0 Å². The SMILES string of the molecule is Cc1cc(F)cc(C)c1-c1cc(F)c(F)c([C@H](CC(=O)O)NC(=O)[C@H](CC(C)C)NC(=O)c2cnc3cccnn23)c1. The summed E-state index contributed by atoms with van der Waals surface area (Å²) in [6, 6.07) is 5.34. The number of fused-ring (bicyclic) bond motifs is 1. The van der Waals surface area contributed by atoms with Gasteiger partial charge in [0.25, 0.3) is 5.91 Å². The van der Waals surface area contributed by atoms with Crippen molar-refractivity contribution < 1.29 is 32.7 Å². The van der Waals surface area contributed by atoms with E-state index < -0.39 is 59.3 Å². The number of hydrogen-bond donors (Lipinski definition) is 3. The number of nitrogens with one attached hydrogen (secondary N) is 2. The first-order valence-electron chi connectivity index (χ1n) is 13.2. The van der Waals surface area contributed by atoms with Gasteiger partial charge in [-0.2, -0.15) is 5.10 Å². The summed E-state index contributed by atoms with van der Waals surface area (Å²) in [6.45, 7) is 6.87. The molecule has 0 unspecified atom stereocenters. The molecular weight excluding hydrogens is 551 g/mol. The van der Waals surface area contributed by atoms with Crippen LogP contribution in [0, 0.1) is 37.2 Å². The zero-order valence-electron chi connectivity index (χ0n) is 23.4. The van der Waals surface area contributed by atoms with Gasteiger partial charge in [-0.25, -0.2) is 22.7 Å². The predicted molar refractivity (Wildman–Crippen MR) is 148 cm³/mol. The molecule has 4 rings (SSSR count). The van der Waals surface area contributed by atoms with E-state index in [4.69, 9.17) is 0 Å². The van der Waals surface area contributed by atoms with E-state index in [1.807, 2.05) is 13.8 Å². The molecule has 0 aliphatic carbocycles. The quantitative estimate of drug-likeness (QED) is 0.245. The summed E-state index contributed by atoms with van der Waals surface area (Å²) in [5, 5.41) is 18.8. The zero-order valence-corrected chi connectivity index (χ0v) is 23.4. The standard InChI is InChI=1S/C30H30F3N5O4/c1-15(2)8-23(37-30(42)24-14-34-25-6-5-7-35-38(24)25)29(41)36-22(13-26(39)40)20-11-18(12-21(32)28(20)33)27-16(3)9-19(31)10-17(27)4/h5-7,9-12,14-15,22-23H,8,13H2,1-4H3,(H,36,41)(H,37,42)(H,39,40)/t22-,23-/m0/s1. The minimum absolute atomic E-state index is 0.0695. The second-order valence-corrected chi connectivity index (χ2v) is 10.5. The lowest BCUT2D eigenvalue weighted by molar-refractivity contribution is -0.137. The minimum atomic E-state index is -1.49. The van der Waals surface area contributed by atoms with Crippen molar-refractivity contribution in [1.82, 2.24) is 25.2 Å². The molecule has 2 aromatic carbocycles. The van der Waals surface area contributed by atoms with E-state index in [0.717, 1.165) is 6.07 Å². The zero-order chi connectivity index (χ0) is 30.7. The highest BCUT2D eigenvalue weighted by molar-refractivity contribution is 5.96. The van der Waals surface area contributed by atoms with Gasteiger partial charge < -0.3 is 15.7 Å². The first kappa shape index (κ1) is 30.2. The van der Waals surface area contributed by atoms with Gasteiger partial charge in [0, 0.05) is 11.8 Å². The van der Waals surface area contributed by atoms with Gasteiger partial charge in [0.2, 0.25) is 5.91 Å². The van der Waals surface area contributed by atoms with Crippen molar-refractivity contribution in [1.29, 1.82) is 0 Å². The minimum Gasteiger partial charge on any atom is -0.481 e. The van der Waals surface area contributed by atoms with Crippen LogP contribution in [0.3, 0.4) is 0 Å². The molecule has 9 nitrogen and oxygen atoms in total. The number of rotatable bonds is 10. The third kappa shape index (κ3) is 6.59. The van der Waals surface area contributed by atoms with E-state index in [2.05, 4.69) is 20.7 Å².